The molecule has 0 aliphatic heterocycles. The summed E-state index contributed by atoms with van der Waals surface area (Å²) < 4.78 is 13.5. The van der Waals surface area contributed by atoms with Gasteiger partial charge in [0.1, 0.15) is 5.82 Å². The van der Waals surface area contributed by atoms with Crippen LogP contribution in [-0.2, 0) is 0 Å². The van der Waals surface area contributed by atoms with Gasteiger partial charge in [0.15, 0.2) is 0 Å². The molecule has 0 aliphatic carbocycles. The van der Waals surface area contributed by atoms with Gasteiger partial charge in [-0.05, 0) is 12.1 Å². The number of benzene rings is 1. The van der Waals surface area contributed by atoms with E-state index in [0.29, 0.717) is 17.6 Å². The number of halogens is 1. The number of nitrogens with two attached hydrogens (primary N) is 1. The molecular formula is C12H11FN2. The average Bonchev–Trinajstić information content (AvgIpc) is 2.26. The van der Waals surface area contributed by atoms with E-state index in [-0.39, 0.29) is 5.82 Å². The highest BCUT2D eigenvalue weighted by atomic mass is 19.1. The number of hydrogen-bond acceptors (Lipinski definition) is 2. The van der Waals surface area contributed by atoms with Crippen LogP contribution in [0.2, 0.25) is 0 Å². The topological polar surface area (TPSA) is 38.9 Å². The Labute approximate surface area is 87.2 Å². The number of aromatic nitrogens is 1. The minimum atomic E-state index is -0.272. The molecule has 2 aromatic rings. The van der Waals surface area contributed by atoms with E-state index in [1.807, 2.05) is 12.1 Å². The molecule has 3 heteroatoms. The highest BCUT2D eigenvalue weighted by molar-refractivity contribution is 5.81. The van der Waals surface area contributed by atoms with Gasteiger partial charge < -0.3 is 5.73 Å². The maximum atomic E-state index is 13.5. The zero-order chi connectivity index (χ0) is 10.7. The molecule has 2 rings (SSSR count). The molecule has 0 atom stereocenters. The zero-order valence-corrected chi connectivity index (χ0v) is 8.15. The van der Waals surface area contributed by atoms with Crippen LogP contribution < -0.4 is 5.73 Å². The first-order valence-electron chi connectivity index (χ1n) is 4.72. The zero-order valence-electron chi connectivity index (χ0n) is 8.15. The molecule has 0 bridgehead atoms. The Morgan fingerprint density at radius 3 is 3.07 bits per heavy atom. The lowest BCUT2D eigenvalue weighted by Gasteiger charge is -2.00. The monoisotopic (exact) mass is 202 g/mol. The van der Waals surface area contributed by atoms with Gasteiger partial charge >= 0.3 is 0 Å². The molecule has 0 aliphatic rings. The number of fused-ring (bicyclic) bond motifs is 1. The van der Waals surface area contributed by atoms with Gasteiger partial charge in [0.05, 0.1) is 5.52 Å². The quantitative estimate of drug-likeness (QED) is 0.811. The second-order valence-corrected chi connectivity index (χ2v) is 3.21. The van der Waals surface area contributed by atoms with Crippen molar-refractivity contribution in [3.63, 3.8) is 0 Å². The predicted molar refractivity (Wildman–Crippen MR) is 59.8 cm³/mol. The summed E-state index contributed by atoms with van der Waals surface area (Å²) in [5, 5.41) is 0.926. The van der Waals surface area contributed by atoms with E-state index >= 15 is 0 Å². The Kier molecular flexibility index (Phi) is 2.74. The molecule has 76 valence electrons. The molecule has 2 N–H and O–H groups in total. The van der Waals surface area contributed by atoms with Crippen LogP contribution in [-0.4, -0.2) is 11.5 Å². The molecule has 1 aromatic carbocycles. The molecule has 0 fully saturated rings. The van der Waals surface area contributed by atoms with Crippen molar-refractivity contribution in [2.24, 2.45) is 5.73 Å². The third kappa shape index (κ3) is 2.02. The van der Waals surface area contributed by atoms with Gasteiger partial charge in [0, 0.05) is 29.8 Å². The van der Waals surface area contributed by atoms with Gasteiger partial charge in [-0.25, -0.2) is 4.39 Å². The summed E-state index contributed by atoms with van der Waals surface area (Å²) in [6.07, 6.45) is 5.06. The van der Waals surface area contributed by atoms with Crippen LogP contribution in [0.15, 0.2) is 36.5 Å². The second-order valence-electron chi connectivity index (χ2n) is 3.21. The number of hydrogen-bond donors (Lipinski definition) is 1. The summed E-state index contributed by atoms with van der Waals surface area (Å²) in [7, 11) is 0. The molecule has 0 saturated heterocycles. The van der Waals surface area contributed by atoms with Crippen molar-refractivity contribution in [2.45, 2.75) is 0 Å². The van der Waals surface area contributed by atoms with Crippen molar-refractivity contribution in [3.8, 4) is 0 Å². The van der Waals surface area contributed by atoms with Gasteiger partial charge in [0.25, 0.3) is 0 Å². The van der Waals surface area contributed by atoms with Crippen molar-refractivity contribution < 1.29 is 4.39 Å². The fourth-order valence-corrected chi connectivity index (χ4v) is 1.44. The summed E-state index contributed by atoms with van der Waals surface area (Å²) in [6, 6.07) is 6.94. The minimum Gasteiger partial charge on any atom is -0.327 e. The SMILES string of the molecule is NCC=Cc1cc2cccnc2cc1F. The molecule has 0 saturated carbocycles. The van der Waals surface area contributed by atoms with E-state index in [2.05, 4.69) is 4.98 Å². The van der Waals surface area contributed by atoms with E-state index in [0.717, 1.165) is 5.39 Å². The first-order chi connectivity index (χ1) is 7.31. The predicted octanol–water partition coefficient (Wildman–Crippen LogP) is 2.35. The Morgan fingerprint density at radius 1 is 1.40 bits per heavy atom. The van der Waals surface area contributed by atoms with Crippen molar-refractivity contribution in [1.82, 2.24) is 4.98 Å². The third-order valence-electron chi connectivity index (χ3n) is 2.15. The molecule has 2 nitrogen and oxygen atoms in total. The second kappa shape index (κ2) is 4.19. The lowest BCUT2D eigenvalue weighted by atomic mass is 10.1. The van der Waals surface area contributed by atoms with E-state index in [1.54, 1.807) is 24.4 Å². The van der Waals surface area contributed by atoms with Gasteiger partial charge in [-0.15, -0.1) is 0 Å². The maximum Gasteiger partial charge on any atom is 0.132 e. The van der Waals surface area contributed by atoms with Crippen LogP contribution >= 0.6 is 0 Å². The van der Waals surface area contributed by atoms with Crippen LogP contribution in [0.25, 0.3) is 17.0 Å². The number of pyridine rings is 1. The summed E-state index contributed by atoms with van der Waals surface area (Å²) in [5.41, 5.74) is 6.53. The van der Waals surface area contributed by atoms with E-state index < -0.39 is 0 Å². The molecule has 0 spiro atoms. The molecule has 0 amide bonds. The van der Waals surface area contributed by atoms with Crippen LogP contribution in [0, 0.1) is 5.82 Å². The molecule has 1 aromatic heterocycles. The molecular weight excluding hydrogens is 191 g/mol. The van der Waals surface area contributed by atoms with Crippen molar-refractivity contribution in [2.75, 3.05) is 6.54 Å². The Balaban J connectivity index is 2.57. The highest BCUT2D eigenvalue weighted by Gasteiger charge is 2.01. The molecule has 0 radical (unpaired) electrons. The van der Waals surface area contributed by atoms with E-state index in [1.165, 1.54) is 6.07 Å². The normalized spacial score (nSPS) is 11.3. The summed E-state index contributed by atoms with van der Waals surface area (Å²) in [6.45, 7) is 0.407. The van der Waals surface area contributed by atoms with Gasteiger partial charge in [-0.1, -0.05) is 18.2 Å². The standard InChI is InChI=1S/C12H11FN2/c13-11-8-12-10(4-2-6-15-12)7-9(11)3-1-5-14/h1-4,6-8H,5,14H2. The van der Waals surface area contributed by atoms with Gasteiger partial charge in [-0.3, -0.25) is 4.98 Å². The van der Waals surface area contributed by atoms with Crippen molar-refractivity contribution in [1.29, 1.82) is 0 Å². The summed E-state index contributed by atoms with van der Waals surface area (Å²) >= 11 is 0. The van der Waals surface area contributed by atoms with Crippen molar-refractivity contribution in [3.05, 3.63) is 47.9 Å². The maximum absolute atomic E-state index is 13.5. The highest BCUT2D eigenvalue weighted by Crippen LogP contribution is 2.18. The Hall–Kier alpha value is -1.74. The van der Waals surface area contributed by atoms with Gasteiger partial charge in [0.2, 0.25) is 0 Å². The molecule has 1 heterocycles. The first-order valence-corrected chi connectivity index (χ1v) is 4.72. The van der Waals surface area contributed by atoms with Gasteiger partial charge in [-0.2, -0.15) is 0 Å². The lowest BCUT2D eigenvalue weighted by molar-refractivity contribution is 0.626. The summed E-state index contributed by atoms with van der Waals surface area (Å²) in [4.78, 5) is 4.07. The number of rotatable bonds is 2. The molecule has 15 heavy (non-hydrogen) atoms. The van der Waals surface area contributed by atoms with Crippen molar-refractivity contribution >= 4 is 17.0 Å². The molecule has 0 unspecified atom stereocenters. The lowest BCUT2D eigenvalue weighted by Crippen LogP contribution is -1.92. The largest absolute Gasteiger partial charge is 0.327 e. The van der Waals surface area contributed by atoms with Crippen LogP contribution in [0.4, 0.5) is 4.39 Å². The fraction of sp³-hybridized carbons (Fsp3) is 0.0833. The van der Waals surface area contributed by atoms with Crippen LogP contribution in [0.1, 0.15) is 5.56 Å². The Bertz CT molecular complexity index is 506. The van der Waals surface area contributed by atoms with Crippen LogP contribution in [0.3, 0.4) is 0 Å². The summed E-state index contributed by atoms with van der Waals surface area (Å²) in [5.74, 6) is -0.272. The van der Waals surface area contributed by atoms with E-state index in [4.69, 9.17) is 5.73 Å². The third-order valence-corrected chi connectivity index (χ3v) is 2.15. The number of nitrogens with zero attached hydrogens (tertiary/aromatic N) is 1. The van der Waals surface area contributed by atoms with E-state index in [9.17, 15) is 4.39 Å². The fourth-order valence-electron chi connectivity index (χ4n) is 1.44. The minimum absolute atomic E-state index is 0.272. The average molecular weight is 202 g/mol. The Morgan fingerprint density at radius 2 is 2.27 bits per heavy atom. The smallest absolute Gasteiger partial charge is 0.132 e. The first kappa shape index (κ1) is 9.80. The van der Waals surface area contributed by atoms with Crippen LogP contribution in [0.5, 0.6) is 0 Å².